The van der Waals surface area contributed by atoms with Crippen LogP contribution in [0.2, 0.25) is 10.0 Å². The van der Waals surface area contributed by atoms with E-state index in [-0.39, 0.29) is 4.90 Å². The van der Waals surface area contributed by atoms with Gasteiger partial charge in [0.05, 0.1) is 23.5 Å². The summed E-state index contributed by atoms with van der Waals surface area (Å²) in [4.78, 5) is 0.152. The lowest BCUT2D eigenvalue weighted by Gasteiger charge is -2.08. The van der Waals surface area contributed by atoms with Crippen molar-refractivity contribution in [2.24, 2.45) is 0 Å². The highest BCUT2D eigenvalue weighted by molar-refractivity contribution is 7.90. The Hall–Kier alpha value is -1.24. The zero-order valence-corrected chi connectivity index (χ0v) is 12.3. The zero-order chi connectivity index (χ0) is 14.2. The predicted molar refractivity (Wildman–Crippen MR) is 75.3 cm³/mol. The van der Waals surface area contributed by atoms with Crippen molar-refractivity contribution in [3.05, 3.63) is 40.1 Å². The molecule has 0 saturated carbocycles. The second-order valence-corrected chi connectivity index (χ2v) is 6.97. The molecule has 1 aromatic heterocycles. The summed E-state index contributed by atoms with van der Waals surface area (Å²) in [5, 5.41) is 4.80. The highest BCUT2D eigenvalue weighted by Crippen LogP contribution is 2.28. The van der Waals surface area contributed by atoms with Crippen LogP contribution in [0.25, 0.3) is 0 Å². The maximum absolute atomic E-state index is 11.4. The Bertz CT molecular complexity index is 726. The summed E-state index contributed by atoms with van der Waals surface area (Å²) in [7, 11) is -3.27. The van der Waals surface area contributed by atoms with Gasteiger partial charge in [-0.25, -0.2) is 8.42 Å². The number of anilines is 1. The van der Waals surface area contributed by atoms with E-state index in [4.69, 9.17) is 28.9 Å². The number of benzene rings is 1. The summed E-state index contributed by atoms with van der Waals surface area (Å²) in [6.45, 7) is 0.293. The van der Waals surface area contributed by atoms with Crippen LogP contribution in [-0.4, -0.2) is 24.5 Å². The Labute approximate surface area is 120 Å². The van der Waals surface area contributed by atoms with Gasteiger partial charge in [-0.2, -0.15) is 5.10 Å². The normalized spacial score (nSPS) is 11.7. The number of nitrogens with two attached hydrogens (primary N) is 1. The van der Waals surface area contributed by atoms with E-state index in [1.54, 1.807) is 12.1 Å². The van der Waals surface area contributed by atoms with E-state index in [1.165, 1.54) is 17.1 Å². The van der Waals surface area contributed by atoms with Crippen LogP contribution >= 0.6 is 23.2 Å². The molecule has 0 aliphatic carbocycles. The lowest BCUT2D eigenvalue weighted by Crippen LogP contribution is -2.04. The number of hydrogen-bond acceptors (Lipinski definition) is 4. The molecular formula is C11H11Cl2N3O2S. The lowest BCUT2D eigenvalue weighted by molar-refractivity contribution is 0.601. The molecule has 0 aliphatic rings. The van der Waals surface area contributed by atoms with Crippen molar-refractivity contribution < 1.29 is 8.42 Å². The topological polar surface area (TPSA) is 78.0 Å². The first-order valence-corrected chi connectivity index (χ1v) is 7.88. The average Bonchev–Trinajstić information content (AvgIpc) is 2.73. The van der Waals surface area contributed by atoms with Crippen molar-refractivity contribution in [2.45, 2.75) is 11.4 Å². The molecule has 1 heterocycles. The number of rotatable bonds is 3. The van der Waals surface area contributed by atoms with Crippen molar-refractivity contribution in [1.82, 2.24) is 9.78 Å². The van der Waals surface area contributed by atoms with Gasteiger partial charge >= 0.3 is 0 Å². The van der Waals surface area contributed by atoms with Crippen LogP contribution in [0.5, 0.6) is 0 Å². The van der Waals surface area contributed by atoms with E-state index < -0.39 is 9.84 Å². The van der Waals surface area contributed by atoms with Crippen molar-refractivity contribution in [1.29, 1.82) is 0 Å². The van der Waals surface area contributed by atoms with Crippen LogP contribution in [0.3, 0.4) is 0 Å². The molecule has 1 aromatic carbocycles. The smallest absolute Gasteiger partial charge is 0.178 e. The summed E-state index contributed by atoms with van der Waals surface area (Å²) in [6.07, 6.45) is 3.85. The van der Waals surface area contributed by atoms with Crippen LogP contribution in [0.15, 0.2) is 29.4 Å². The van der Waals surface area contributed by atoms with Crippen molar-refractivity contribution in [3.8, 4) is 0 Å². The molecule has 0 spiro atoms. The Morgan fingerprint density at radius 2 is 2.05 bits per heavy atom. The predicted octanol–water partition coefficient (Wildman–Crippen LogP) is 2.22. The van der Waals surface area contributed by atoms with Crippen molar-refractivity contribution >= 4 is 38.7 Å². The zero-order valence-electron chi connectivity index (χ0n) is 9.97. The second kappa shape index (κ2) is 5.03. The van der Waals surface area contributed by atoms with E-state index in [0.717, 1.165) is 6.26 Å². The summed E-state index contributed by atoms with van der Waals surface area (Å²) >= 11 is 11.8. The Kier molecular flexibility index (Phi) is 3.75. The lowest BCUT2D eigenvalue weighted by atomic mass is 10.2. The fraction of sp³-hybridized carbons (Fsp3) is 0.182. The van der Waals surface area contributed by atoms with Crippen LogP contribution < -0.4 is 5.73 Å². The molecule has 8 heteroatoms. The van der Waals surface area contributed by atoms with Gasteiger partial charge in [0.2, 0.25) is 0 Å². The van der Waals surface area contributed by atoms with E-state index in [1.807, 2.05) is 0 Å². The van der Waals surface area contributed by atoms with Gasteiger partial charge in [-0.15, -0.1) is 0 Å². The molecule has 0 atom stereocenters. The number of hydrogen-bond donors (Lipinski definition) is 1. The first kappa shape index (κ1) is 14.2. The number of sulfone groups is 1. The molecule has 0 bridgehead atoms. The molecule has 102 valence electrons. The van der Waals surface area contributed by atoms with Gasteiger partial charge < -0.3 is 5.73 Å². The molecule has 0 unspecified atom stereocenters. The molecule has 2 rings (SSSR count). The van der Waals surface area contributed by atoms with Crippen molar-refractivity contribution in [3.63, 3.8) is 0 Å². The number of halogens is 2. The number of aromatic nitrogens is 2. The van der Waals surface area contributed by atoms with Gasteiger partial charge in [0, 0.05) is 17.5 Å². The van der Waals surface area contributed by atoms with Gasteiger partial charge in [-0.1, -0.05) is 23.2 Å². The largest absolute Gasteiger partial charge is 0.397 e. The molecule has 5 nitrogen and oxygen atoms in total. The minimum atomic E-state index is -3.27. The van der Waals surface area contributed by atoms with Crippen molar-refractivity contribution in [2.75, 3.05) is 12.0 Å². The quantitative estimate of drug-likeness (QED) is 0.880. The molecule has 2 aromatic rings. The minimum Gasteiger partial charge on any atom is -0.397 e. The highest BCUT2D eigenvalue weighted by atomic mass is 35.5. The number of nitrogens with zero attached hydrogens (tertiary/aromatic N) is 2. The average molecular weight is 320 g/mol. The molecule has 0 fully saturated rings. The number of nitrogen functional groups attached to an aromatic ring is 1. The van der Waals surface area contributed by atoms with Gasteiger partial charge in [0.15, 0.2) is 9.84 Å². The monoisotopic (exact) mass is 319 g/mol. The first-order chi connectivity index (χ1) is 8.77. The molecule has 0 saturated heterocycles. The maximum atomic E-state index is 11.4. The summed E-state index contributed by atoms with van der Waals surface area (Å²) in [5.74, 6) is 0. The summed E-state index contributed by atoms with van der Waals surface area (Å²) in [6, 6.07) is 3.22. The minimum absolute atomic E-state index is 0.152. The molecule has 0 amide bonds. The first-order valence-electron chi connectivity index (χ1n) is 5.23. The van der Waals surface area contributed by atoms with E-state index in [2.05, 4.69) is 5.10 Å². The van der Waals surface area contributed by atoms with Crippen LogP contribution in [-0.2, 0) is 16.4 Å². The third-order valence-electron chi connectivity index (χ3n) is 2.55. The van der Waals surface area contributed by atoms with E-state index in [0.29, 0.717) is 27.8 Å². The van der Waals surface area contributed by atoms with E-state index in [9.17, 15) is 8.42 Å². The molecular weight excluding hydrogens is 309 g/mol. The Morgan fingerprint density at radius 3 is 2.63 bits per heavy atom. The highest BCUT2D eigenvalue weighted by Gasteiger charge is 2.12. The summed E-state index contributed by atoms with van der Waals surface area (Å²) in [5.41, 5.74) is 6.93. The third kappa shape index (κ3) is 3.20. The summed E-state index contributed by atoms with van der Waals surface area (Å²) < 4.78 is 24.2. The fourth-order valence-electron chi connectivity index (χ4n) is 1.57. The molecule has 0 aliphatic heterocycles. The van der Waals surface area contributed by atoms with Crippen LogP contribution in [0.1, 0.15) is 5.56 Å². The van der Waals surface area contributed by atoms with E-state index >= 15 is 0 Å². The second-order valence-electron chi connectivity index (χ2n) is 4.11. The van der Waals surface area contributed by atoms with Gasteiger partial charge in [-0.05, 0) is 17.7 Å². The standard InChI is InChI=1S/C11H11Cl2N3O2S/c1-19(17,18)9-4-15-16(6-9)5-7-2-8(12)3-10(13)11(7)14/h2-4,6H,5,14H2,1H3. The van der Waals surface area contributed by atoms with Gasteiger partial charge in [-0.3, -0.25) is 4.68 Å². The fourth-order valence-corrected chi connectivity index (χ4v) is 2.65. The Balaban J connectivity index is 2.34. The van der Waals surface area contributed by atoms with Crippen LogP contribution in [0, 0.1) is 0 Å². The molecule has 0 radical (unpaired) electrons. The Morgan fingerprint density at radius 1 is 1.37 bits per heavy atom. The SMILES string of the molecule is CS(=O)(=O)c1cnn(Cc2cc(Cl)cc(Cl)c2N)c1. The van der Waals surface area contributed by atoms with Gasteiger partial charge in [0.1, 0.15) is 4.90 Å². The van der Waals surface area contributed by atoms with Gasteiger partial charge in [0.25, 0.3) is 0 Å². The molecule has 2 N–H and O–H groups in total. The molecule has 19 heavy (non-hydrogen) atoms. The maximum Gasteiger partial charge on any atom is 0.178 e. The van der Waals surface area contributed by atoms with Crippen LogP contribution in [0.4, 0.5) is 5.69 Å². The third-order valence-corrected chi connectivity index (χ3v) is 4.15.